The van der Waals surface area contributed by atoms with Gasteiger partial charge in [-0.15, -0.1) is 0 Å². The molecule has 0 atom stereocenters. The number of nitrogens with one attached hydrogen (secondary N) is 1. The van der Waals surface area contributed by atoms with Gasteiger partial charge in [-0.2, -0.15) is 0 Å². The van der Waals surface area contributed by atoms with Gasteiger partial charge in [0.15, 0.2) is 11.5 Å². The van der Waals surface area contributed by atoms with E-state index in [9.17, 15) is 4.39 Å². The van der Waals surface area contributed by atoms with Gasteiger partial charge < -0.3 is 14.8 Å². The first kappa shape index (κ1) is 18.8. The predicted molar refractivity (Wildman–Crippen MR) is 115 cm³/mol. The average Bonchev–Trinajstić information content (AvgIpc) is 2.77. The molecule has 1 N–H and O–H groups in total. The van der Waals surface area contributed by atoms with E-state index < -0.39 is 0 Å². The standard InChI is InChI=1S/C25H22FNO2/c1-28-25-15-18(13-14-24(25)29-17-20-8-3-5-11-22(20)26)16-27-23-12-6-9-19-7-2-4-10-21(19)23/h2-15,27H,16-17H2,1H3. The van der Waals surface area contributed by atoms with E-state index in [1.54, 1.807) is 25.3 Å². The van der Waals surface area contributed by atoms with E-state index in [2.05, 4.69) is 29.6 Å². The Labute approximate surface area is 169 Å². The highest BCUT2D eigenvalue weighted by molar-refractivity contribution is 5.93. The van der Waals surface area contributed by atoms with Crippen LogP contribution in [0, 0.1) is 5.82 Å². The highest BCUT2D eigenvalue weighted by Gasteiger charge is 2.09. The first-order valence-electron chi connectivity index (χ1n) is 9.49. The van der Waals surface area contributed by atoms with Crippen LogP contribution in [0.4, 0.5) is 10.1 Å². The fourth-order valence-corrected chi connectivity index (χ4v) is 3.29. The lowest BCUT2D eigenvalue weighted by Gasteiger charge is -2.14. The normalized spacial score (nSPS) is 10.7. The van der Waals surface area contributed by atoms with Gasteiger partial charge in [0.1, 0.15) is 12.4 Å². The summed E-state index contributed by atoms with van der Waals surface area (Å²) in [6.07, 6.45) is 0. The third-order valence-electron chi connectivity index (χ3n) is 4.84. The van der Waals surface area contributed by atoms with Gasteiger partial charge in [0.25, 0.3) is 0 Å². The number of hydrogen-bond donors (Lipinski definition) is 1. The quantitative estimate of drug-likeness (QED) is 0.411. The molecule has 0 spiro atoms. The zero-order chi connectivity index (χ0) is 20.1. The van der Waals surface area contributed by atoms with Crippen LogP contribution >= 0.6 is 0 Å². The lowest BCUT2D eigenvalue weighted by molar-refractivity contribution is 0.279. The molecule has 0 aliphatic heterocycles. The Bertz CT molecular complexity index is 1120. The van der Waals surface area contributed by atoms with Crippen molar-refractivity contribution in [2.24, 2.45) is 0 Å². The topological polar surface area (TPSA) is 30.5 Å². The zero-order valence-electron chi connectivity index (χ0n) is 16.2. The third kappa shape index (κ3) is 4.32. The Hall–Kier alpha value is -3.53. The summed E-state index contributed by atoms with van der Waals surface area (Å²) in [6, 6.07) is 26.9. The maximum Gasteiger partial charge on any atom is 0.161 e. The van der Waals surface area contributed by atoms with Gasteiger partial charge in [-0.1, -0.05) is 60.7 Å². The largest absolute Gasteiger partial charge is 0.493 e. The van der Waals surface area contributed by atoms with Gasteiger partial charge in [-0.3, -0.25) is 0 Å². The Balaban J connectivity index is 1.47. The van der Waals surface area contributed by atoms with Crippen LogP contribution in [0.15, 0.2) is 84.9 Å². The highest BCUT2D eigenvalue weighted by atomic mass is 19.1. The number of methoxy groups -OCH3 is 1. The van der Waals surface area contributed by atoms with Gasteiger partial charge in [-0.05, 0) is 35.2 Å². The lowest BCUT2D eigenvalue weighted by Crippen LogP contribution is -2.03. The molecule has 4 aromatic carbocycles. The molecule has 0 heterocycles. The number of ether oxygens (including phenoxy) is 2. The molecule has 4 rings (SSSR count). The van der Waals surface area contributed by atoms with Crippen LogP contribution in [0.1, 0.15) is 11.1 Å². The fourth-order valence-electron chi connectivity index (χ4n) is 3.29. The Morgan fingerprint density at radius 2 is 1.62 bits per heavy atom. The molecule has 0 saturated carbocycles. The smallest absolute Gasteiger partial charge is 0.161 e. The molecule has 3 nitrogen and oxygen atoms in total. The molecule has 0 amide bonds. The number of hydrogen-bond acceptors (Lipinski definition) is 3. The van der Waals surface area contributed by atoms with E-state index in [4.69, 9.17) is 9.47 Å². The predicted octanol–water partition coefficient (Wildman–Crippen LogP) is 6.18. The molecule has 0 unspecified atom stereocenters. The lowest BCUT2D eigenvalue weighted by atomic mass is 10.1. The van der Waals surface area contributed by atoms with Gasteiger partial charge in [0.2, 0.25) is 0 Å². The van der Waals surface area contributed by atoms with Crippen molar-refractivity contribution in [3.63, 3.8) is 0 Å². The molecule has 0 fully saturated rings. The molecule has 4 aromatic rings. The summed E-state index contributed by atoms with van der Waals surface area (Å²) >= 11 is 0. The summed E-state index contributed by atoms with van der Waals surface area (Å²) in [5.74, 6) is 0.936. The Kier molecular flexibility index (Phi) is 5.61. The minimum atomic E-state index is -0.276. The number of rotatable bonds is 7. The van der Waals surface area contributed by atoms with Crippen LogP contribution in [-0.4, -0.2) is 7.11 Å². The van der Waals surface area contributed by atoms with E-state index in [0.717, 1.165) is 11.3 Å². The second kappa shape index (κ2) is 8.65. The monoisotopic (exact) mass is 387 g/mol. The molecule has 0 aliphatic rings. The second-order valence-electron chi connectivity index (χ2n) is 6.75. The molecular weight excluding hydrogens is 365 g/mol. The van der Waals surface area contributed by atoms with Crippen molar-refractivity contribution in [1.82, 2.24) is 0 Å². The summed E-state index contributed by atoms with van der Waals surface area (Å²) in [6.45, 7) is 0.800. The van der Waals surface area contributed by atoms with Crippen LogP contribution in [0.5, 0.6) is 11.5 Å². The highest BCUT2D eigenvalue weighted by Crippen LogP contribution is 2.30. The number of halogens is 1. The fraction of sp³-hybridized carbons (Fsp3) is 0.120. The Morgan fingerprint density at radius 3 is 2.48 bits per heavy atom. The van der Waals surface area contributed by atoms with Gasteiger partial charge in [-0.25, -0.2) is 4.39 Å². The summed E-state index contributed by atoms with van der Waals surface area (Å²) in [7, 11) is 1.60. The van der Waals surface area contributed by atoms with Crippen LogP contribution < -0.4 is 14.8 Å². The number of benzene rings is 4. The number of anilines is 1. The van der Waals surface area contributed by atoms with Crippen molar-refractivity contribution in [3.05, 3.63) is 102 Å². The van der Waals surface area contributed by atoms with Gasteiger partial charge in [0.05, 0.1) is 7.11 Å². The molecule has 0 saturated heterocycles. The maximum absolute atomic E-state index is 13.8. The summed E-state index contributed by atoms with van der Waals surface area (Å²) < 4.78 is 25.1. The summed E-state index contributed by atoms with van der Waals surface area (Å²) in [5.41, 5.74) is 2.66. The molecule has 146 valence electrons. The third-order valence-corrected chi connectivity index (χ3v) is 4.84. The summed E-state index contributed by atoms with van der Waals surface area (Å²) in [4.78, 5) is 0. The molecule has 0 aromatic heterocycles. The van der Waals surface area contributed by atoms with Crippen molar-refractivity contribution < 1.29 is 13.9 Å². The van der Waals surface area contributed by atoms with Crippen LogP contribution in [-0.2, 0) is 13.2 Å². The van der Waals surface area contributed by atoms with Crippen molar-refractivity contribution in [2.75, 3.05) is 12.4 Å². The first-order valence-corrected chi connectivity index (χ1v) is 9.49. The van der Waals surface area contributed by atoms with Crippen molar-refractivity contribution >= 4 is 16.5 Å². The molecular formula is C25H22FNO2. The average molecular weight is 387 g/mol. The maximum atomic E-state index is 13.8. The van der Waals surface area contributed by atoms with E-state index in [0.29, 0.717) is 23.6 Å². The first-order chi connectivity index (χ1) is 14.2. The molecule has 0 radical (unpaired) electrons. The SMILES string of the molecule is COc1cc(CNc2cccc3ccccc23)ccc1OCc1ccccc1F. The van der Waals surface area contributed by atoms with Crippen molar-refractivity contribution in [1.29, 1.82) is 0 Å². The van der Waals surface area contributed by atoms with E-state index >= 15 is 0 Å². The van der Waals surface area contributed by atoms with Crippen molar-refractivity contribution in [3.8, 4) is 11.5 Å². The van der Waals surface area contributed by atoms with Crippen LogP contribution in [0.2, 0.25) is 0 Å². The van der Waals surface area contributed by atoms with Gasteiger partial charge >= 0.3 is 0 Å². The zero-order valence-corrected chi connectivity index (χ0v) is 16.2. The summed E-state index contributed by atoms with van der Waals surface area (Å²) in [5, 5.41) is 5.88. The van der Waals surface area contributed by atoms with E-state index in [1.807, 2.05) is 36.4 Å². The second-order valence-corrected chi connectivity index (χ2v) is 6.75. The molecule has 0 bridgehead atoms. The van der Waals surface area contributed by atoms with E-state index in [-0.39, 0.29) is 12.4 Å². The number of fused-ring (bicyclic) bond motifs is 1. The molecule has 29 heavy (non-hydrogen) atoms. The van der Waals surface area contributed by atoms with Crippen LogP contribution in [0.25, 0.3) is 10.8 Å². The minimum Gasteiger partial charge on any atom is -0.493 e. The molecule has 0 aliphatic carbocycles. The minimum absolute atomic E-state index is 0.149. The van der Waals surface area contributed by atoms with Crippen molar-refractivity contribution in [2.45, 2.75) is 13.2 Å². The van der Waals surface area contributed by atoms with Gasteiger partial charge in [0, 0.05) is 23.2 Å². The Morgan fingerprint density at radius 1 is 0.828 bits per heavy atom. The van der Waals surface area contributed by atoms with E-state index in [1.165, 1.54) is 16.8 Å². The molecule has 4 heteroatoms. The van der Waals surface area contributed by atoms with Crippen LogP contribution in [0.3, 0.4) is 0 Å².